The molecule has 118 valence electrons. The monoisotopic (exact) mass is 290 g/mol. The van der Waals surface area contributed by atoms with Crippen LogP contribution in [0.3, 0.4) is 0 Å². The molecule has 21 heavy (non-hydrogen) atoms. The van der Waals surface area contributed by atoms with Crippen molar-refractivity contribution >= 4 is 0 Å². The highest BCUT2D eigenvalue weighted by molar-refractivity contribution is 5.31. The highest BCUT2D eigenvalue weighted by Gasteiger charge is 2.43. The lowest BCUT2D eigenvalue weighted by molar-refractivity contribution is -0.0779. The van der Waals surface area contributed by atoms with Crippen molar-refractivity contribution in [3.63, 3.8) is 0 Å². The van der Waals surface area contributed by atoms with Gasteiger partial charge in [-0.3, -0.25) is 4.98 Å². The Labute approximate surface area is 129 Å². The predicted octanol–water partition coefficient (Wildman–Crippen LogP) is 3.68. The second kappa shape index (κ2) is 7.37. The second-order valence-electron chi connectivity index (χ2n) is 5.93. The molecule has 0 bridgehead atoms. The molecule has 1 aliphatic carbocycles. The van der Waals surface area contributed by atoms with Gasteiger partial charge in [-0.1, -0.05) is 26.8 Å². The molecule has 0 saturated carbocycles. The van der Waals surface area contributed by atoms with Crippen molar-refractivity contribution in [1.29, 1.82) is 0 Å². The maximum Gasteiger partial charge on any atom is 0.0835 e. The average molecular weight is 290 g/mol. The number of rotatable bonds is 8. The number of fused-ring (bicyclic) bond motifs is 1. The lowest BCUT2D eigenvalue weighted by Crippen LogP contribution is -2.55. The molecule has 1 heterocycles. The highest BCUT2D eigenvalue weighted by Crippen LogP contribution is 2.40. The number of nitrogens with one attached hydrogen (secondary N) is 1. The molecule has 0 amide bonds. The first-order chi connectivity index (χ1) is 10.2. The van der Waals surface area contributed by atoms with Crippen molar-refractivity contribution < 1.29 is 4.74 Å². The Hall–Kier alpha value is -0.930. The van der Waals surface area contributed by atoms with Gasteiger partial charge in [-0.15, -0.1) is 0 Å². The van der Waals surface area contributed by atoms with Gasteiger partial charge < -0.3 is 10.1 Å². The first-order valence-corrected chi connectivity index (χ1v) is 8.53. The molecule has 2 atom stereocenters. The summed E-state index contributed by atoms with van der Waals surface area (Å²) in [6, 6.07) is 4.62. The van der Waals surface area contributed by atoms with E-state index in [-0.39, 0.29) is 5.60 Å². The Bertz CT molecular complexity index is 443. The van der Waals surface area contributed by atoms with Crippen LogP contribution in [0, 0.1) is 0 Å². The number of aryl methyl sites for hydroxylation is 1. The summed E-state index contributed by atoms with van der Waals surface area (Å²) in [5.74, 6) is 0.465. The minimum absolute atomic E-state index is 0.0887. The summed E-state index contributed by atoms with van der Waals surface area (Å²) in [5.41, 5.74) is 2.62. The van der Waals surface area contributed by atoms with Gasteiger partial charge in [-0.25, -0.2) is 0 Å². The summed E-state index contributed by atoms with van der Waals surface area (Å²) in [7, 11) is 0. The van der Waals surface area contributed by atoms with E-state index in [0.717, 1.165) is 32.4 Å². The number of ether oxygens (including phenoxy) is 1. The maximum atomic E-state index is 6.28. The van der Waals surface area contributed by atoms with Gasteiger partial charge >= 0.3 is 0 Å². The zero-order valence-electron chi connectivity index (χ0n) is 14.0. The molecule has 0 aromatic carbocycles. The maximum absolute atomic E-state index is 6.28. The van der Waals surface area contributed by atoms with E-state index in [4.69, 9.17) is 9.72 Å². The van der Waals surface area contributed by atoms with Gasteiger partial charge in [-0.2, -0.15) is 0 Å². The Morgan fingerprint density at radius 3 is 2.71 bits per heavy atom. The van der Waals surface area contributed by atoms with Crippen LogP contribution >= 0.6 is 0 Å². The van der Waals surface area contributed by atoms with Gasteiger partial charge in [0, 0.05) is 30.5 Å². The van der Waals surface area contributed by atoms with Crippen molar-refractivity contribution in [2.45, 2.75) is 70.9 Å². The van der Waals surface area contributed by atoms with Crippen LogP contribution in [0.1, 0.15) is 64.1 Å². The van der Waals surface area contributed by atoms with Gasteiger partial charge in [0.2, 0.25) is 0 Å². The van der Waals surface area contributed by atoms with Crippen LogP contribution in [-0.2, 0) is 11.2 Å². The minimum atomic E-state index is -0.0887. The van der Waals surface area contributed by atoms with Crippen LogP contribution in [0.5, 0.6) is 0 Å². The largest absolute Gasteiger partial charge is 0.374 e. The molecule has 0 spiro atoms. The van der Waals surface area contributed by atoms with E-state index in [1.54, 1.807) is 0 Å². The van der Waals surface area contributed by atoms with E-state index in [0.29, 0.717) is 12.0 Å². The van der Waals surface area contributed by atoms with Crippen molar-refractivity contribution in [2.75, 3.05) is 13.2 Å². The molecule has 0 fully saturated rings. The highest BCUT2D eigenvalue weighted by atomic mass is 16.5. The summed E-state index contributed by atoms with van der Waals surface area (Å²) in [6.45, 7) is 10.5. The zero-order chi connectivity index (χ0) is 15.3. The predicted molar refractivity (Wildman–Crippen MR) is 87.7 cm³/mol. The smallest absolute Gasteiger partial charge is 0.0835 e. The van der Waals surface area contributed by atoms with Crippen LogP contribution in [0.15, 0.2) is 18.3 Å². The molecule has 0 aliphatic heterocycles. The van der Waals surface area contributed by atoms with Gasteiger partial charge in [0.15, 0.2) is 0 Å². The van der Waals surface area contributed by atoms with Gasteiger partial charge in [-0.05, 0) is 50.8 Å². The first kappa shape index (κ1) is 16.4. The Morgan fingerprint density at radius 1 is 1.33 bits per heavy atom. The van der Waals surface area contributed by atoms with Crippen molar-refractivity contribution in [3.8, 4) is 0 Å². The molecule has 0 saturated heterocycles. The van der Waals surface area contributed by atoms with Gasteiger partial charge in [0.25, 0.3) is 0 Å². The van der Waals surface area contributed by atoms with Crippen molar-refractivity contribution in [2.24, 2.45) is 0 Å². The Balaban J connectivity index is 2.35. The van der Waals surface area contributed by atoms with Crippen molar-refractivity contribution in [3.05, 3.63) is 29.6 Å². The average Bonchev–Trinajstić information content (AvgIpc) is 2.94. The van der Waals surface area contributed by atoms with Crippen LogP contribution in [0.2, 0.25) is 0 Å². The molecule has 1 aromatic rings. The SMILES string of the molecule is CCNC(C1CCc2cccnc21)C(CC)(CC)OCC. The van der Waals surface area contributed by atoms with E-state index in [9.17, 15) is 0 Å². The molecule has 2 rings (SSSR count). The summed E-state index contributed by atoms with van der Waals surface area (Å²) in [5, 5.41) is 3.73. The number of aromatic nitrogens is 1. The number of pyridine rings is 1. The van der Waals surface area contributed by atoms with E-state index in [1.807, 2.05) is 6.20 Å². The van der Waals surface area contributed by atoms with Crippen molar-refractivity contribution in [1.82, 2.24) is 10.3 Å². The number of nitrogens with zero attached hydrogens (tertiary/aromatic N) is 1. The van der Waals surface area contributed by atoms with E-state index >= 15 is 0 Å². The molecule has 3 nitrogen and oxygen atoms in total. The third kappa shape index (κ3) is 3.14. The number of hydrogen-bond donors (Lipinski definition) is 1. The van der Waals surface area contributed by atoms with Crippen LogP contribution in [0.4, 0.5) is 0 Å². The second-order valence-corrected chi connectivity index (χ2v) is 5.93. The molecule has 1 N–H and O–H groups in total. The normalized spacial score (nSPS) is 19.5. The standard InChI is InChI=1S/C18H30N2O/c1-5-18(6-2,21-8-4)17(19-7-3)15-12-11-14-10-9-13-20-16(14)15/h9-10,13,15,17,19H,5-8,11-12H2,1-4H3. The molecule has 3 heteroatoms. The van der Waals surface area contributed by atoms with Crippen LogP contribution in [-0.4, -0.2) is 29.8 Å². The summed E-state index contributed by atoms with van der Waals surface area (Å²) in [6.07, 6.45) is 6.33. The lowest BCUT2D eigenvalue weighted by atomic mass is 9.79. The van der Waals surface area contributed by atoms with E-state index in [1.165, 1.54) is 17.7 Å². The van der Waals surface area contributed by atoms with Crippen LogP contribution in [0.25, 0.3) is 0 Å². The third-order valence-corrected chi connectivity index (χ3v) is 5.02. The Morgan fingerprint density at radius 2 is 2.10 bits per heavy atom. The Kier molecular flexibility index (Phi) is 5.77. The number of likely N-dealkylation sites (N-methyl/N-ethyl adjacent to an activating group) is 1. The number of hydrogen-bond acceptors (Lipinski definition) is 3. The quantitative estimate of drug-likeness (QED) is 0.793. The lowest BCUT2D eigenvalue weighted by Gasteiger charge is -2.43. The van der Waals surface area contributed by atoms with E-state index < -0.39 is 0 Å². The van der Waals surface area contributed by atoms with Gasteiger partial charge in [0.1, 0.15) is 0 Å². The molecule has 2 unspecified atom stereocenters. The minimum Gasteiger partial charge on any atom is -0.374 e. The zero-order valence-corrected chi connectivity index (χ0v) is 14.0. The molecule has 0 radical (unpaired) electrons. The molecule has 1 aliphatic rings. The topological polar surface area (TPSA) is 34.2 Å². The van der Waals surface area contributed by atoms with Gasteiger partial charge in [0.05, 0.1) is 5.60 Å². The van der Waals surface area contributed by atoms with Crippen LogP contribution < -0.4 is 5.32 Å². The summed E-state index contributed by atoms with van der Waals surface area (Å²) >= 11 is 0. The molecule has 1 aromatic heterocycles. The fourth-order valence-corrected chi connectivity index (χ4v) is 3.95. The fraction of sp³-hybridized carbons (Fsp3) is 0.722. The first-order valence-electron chi connectivity index (χ1n) is 8.53. The van der Waals surface area contributed by atoms with E-state index in [2.05, 4.69) is 45.1 Å². The summed E-state index contributed by atoms with van der Waals surface area (Å²) < 4.78 is 6.28. The third-order valence-electron chi connectivity index (χ3n) is 5.02. The molecular weight excluding hydrogens is 260 g/mol. The summed E-state index contributed by atoms with van der Waals surface area (Å²) in [4.78, 5) is 4.69. The molecular formula is C18H30N2O. The fourth-order valence-electron chi connectivity index (χ4n) is 3.95.